The van der Waals surface area contributed by atoms with Gasteiger partial charge in [0, 0.05) is 12.6 Å². The number of nitrogens with two attached hydrogens (primary N) is 1. The van der Waals surface area contributed by atoms with E-state index in [2.05, 4.69) is 25.3 Å². The molecule has 204 valence electrons. The minimum absolute atomic E-state index is 0.0751. The first-order valence-corrected chi connectivity index (χ1v) is 11.8. The fourth-order valence-corrected chi connectivity index (χ4v) is 4.80. The number of carbonyl (C=O) groups is 1. The van der Waals surface area contributed by atoms with E-state index in [9.17, 15) is 31.1 Å². The largest absolute Gasteiger partial charge is 0.453 e. The molecule has 1 aromatic carbocycles. The zero-order valence-corrected chi connectivity index (χ0v) is 20.6. The molecule has 5 rings (SSSR count). The lowest BCUT2D eigenvalue weighted by molar-refractivity contribution is -0.284. The fraction of sp³-hybridized carbons (Fsp3) is 0.320. The Kier molecular flexibility index (Phi) is 6.03. The third-order valence-corrected chi connectivity index (χ3v) is 6.89. The van der Waals surface area contributed by atoms with Crippen molar-refractivity contribution in [2.45, 2.75) is 50.6 Å². The maximum atomic E-state index is 14.4. The van der Waals surface area contributed by atoms with Gasteiger partial charge < -0.3 is 11.1 Å². The minimum atomic E-state index is -5.76. The van der Waals surface area contributed by atoms with Crippen LogP contribution in [0.15, 0.2) is 36.7 Å². The molecule has 4 heterocycles. The Balaban J connectivity index is 1.61. The molecule has 1 unspecified atom stereocenters. The molecule has 14 heteroatoms. The van der Waals surface area contributed by atoms with Gasteiger partial charge in [-0.15, -0.1) is 0 Å². The molecule has 0 spiro atoms. The third kappa shape index (κ3) is 4.14. The van der Waals surface area contributed by atoms with E-state index in [4.69, 9.17) is 5.73 Å². The van der Waals surface area contributed by atoms with Crippen LogP contribution in [-0.4, -0.2) is 42.3 Å². The van der Waals surface area contributed by atoms with Crippen LogP contribution >= 0.6 is 0 Å². The van der Waals surface area contributed by atoms with Crippen LogP contribution < -0.4 is 11.1 Å². The highest BCUT2D eigenvalue weighted by molar-refractivity contribution is 6.09. The lowest BCUT2D eigenvalue weighted by Crippen LogP contribution is -2.36. The SMILES string of the molecule is CCC1(c2ccc(C)cc2)C(=O)Nc2nc(-c3cn4c(F)cnc4c(CCC(F)(F)C(F)(F)F)n3)nc(N)c21. The van der Waals surface area contributed by atoms with Gasteiger partial charge in [-0.05, 0) is 25.3 Å². The van der Waals surface area contributed by atoms with Crippen molar-refractivity contribution >= 4 is 23.2 Å². The molecule has 0 bridgehead atoms. The normalized spacial score (nSPS) is 17.5. The second-order valence-electron chi connectivity index (χ2n) is 9.28. The summed E-state index contributed by atoms with van der Waals surface area (Å²) >= 11 is 0. The minimum Gasteiger partial charge on any atom is -0.383 e. The number of halogens is 6. The summed E-state index contributed by atoms with van der Waals surface area (Å²) in [4.78, 5) is 29.8. The number of hydrogen-bond acceptors (Lipinski definition) is 6. The molecule has 0 saturated carbocycles. The highest BCUT2D eigenvalue weighted by Gasteiger charge is 2.56. The Bertz CT molecular complexity index is 1600. The fourth-order valence-electron chi connectivity index (χ4n) is 4.80. The maximum Gasteiger partial charge on any atom is 0.453 e. The first-order chi connectivity index (χ1) is 18.3. The molecule has 0 radical (unpaired) electrons. The molecule has 1 aliphatic heterocycles. The van der Waals surface area contributed by atoms with Crippen LogP contribution in [0.4, 0.5) is 38.0 Å². The molecule has 0 fully saturated rings. The monoisotopic (exact) mass is 549 g/mol. The third-order valence-electron chi connectivity index (χ3n) is 6.89. The van der Waals surface area contributed by atoms with E-state index in [1.807, 2.05) is 26.0 Å². The van der Waals surface area contributed by atoms with E-state index >= 15 is 0 Å². The lowest BCUT2D eigenvalue weighted by atomic mass is 9.73. The van der Waals surface area contributed by atoms with E-state index in [1.54, 1.807) is 12.1 Å². The van der Waals surface area contributed by atoms with Crippen molar-refractivity contribution in [3.63, 3.8) is 0 Å². The van der Waals surface area contributed by atoms with Gasteiger partial charge >= 0.3 is 12.1 Å². The van der Waals surface area contributed by atoms with Gasteiger partial charge in [0.05, 0.1) is 17.5 Å². The van der Waals surface area contributed by atoms with Crippen LogP contribution in [0.25, 0.3) is 17.2 Å². The summed E-state index contributed by atoms with van der Waals surface area (Å²) in [6.45, 7) is 3.71. The Morgan fingerprint density at radius 3 is 2.41 bits per heavy atom. The predicted octanol–water partition coefficient (Wildman–Crippen LogP) is 4.99. The molecule has 4 aromatic rings. The second kappa shape index (κ2) is 8.92. The van der Waals surface area contributed by atoms with Crippen LogP contribution in [0.5, 0.6) is 0 Å². The van der Waals surface area contributed by atoms with Crippen molar-refractivity contribution in [1.29, 1.82) is 0 Å². The topological polar surface area (TPSA) is 111 Å². The number of anilines is 2. The van der Waals surface area contributed by atoms with Crippen LogP contribution in [-0.2, 0) is 16.6 Å². The van der Waals surface area contributed by atoms with E-state index < -0.39 is 36.3 Å². The zero-order valence-electron chi connectivity index (χ0n) is 20.6. The van der Waals surface area contributed by atoms with Crippen LogP contribution in [0.3, 0.4) is 0 Å². The summed E-state index contributed by atoms with van der Waals surface area (Å²) < 4.78 is 80.6. The summed E-state index contributed by atoms with van der Waals surface area (Å²) in [5.74, 6) is -6.48. The number of hydrogen-bond donors (Lipinski definition) is 2. The lowest BCUT2D eigenvalue weighted by Gasteiger charge is -2.27. The maximum absolute atomic E-state index is 14.4. The number of nitrogens with one attached hydrogen (secondary N) is 1. The molecule has 1 atom stereocenters. The summed E-state index contributed by atoms with van der Waals surface area (Å²) in [7, 11) is 0. The van der Waals surface area contributed by atoms with Gasteiger partial charge in [-0.1, -0.05) is 36.8 Å². The number of carbonyl (C=O) groups excluding carboxylic acids is 1. The molecule has 3 N–H and O–H groups in total. The number of aromatic nitrogens is 5. The van der Waals surface area contributed by atoms with Crippen molar-refractivity contribution in [2.24, 2.45) is 0 Å². The number of nitrogen functional groups attached to an aromatic ring is 1. The van der Waals surface area contributed by atoms with Gasteiger partial charge in [-0.2, -0.15) is 26.3 Å². The number of fused-ring (bicyclic) bond motifs is 2. The van der Waals surface area contributed by atoms with Crippen molar-refractivity contribution in [2.75, 3.05) is 11.1 Å². The van der Waals surface area contributed by atoms with E-state index in [0.29, 0.717) is 17.5 Å². The van der Waals surface area contributed by atoms with Crippen LogP contribution in [0, 0.1) is 12.9 Å². The Morgan fingerprint density at radius 1 is 1.08 bits per heavy atom. The first kappa shape index (κ1) is 26.4. The van der Waals surface area contributed by atoms with E-state index in [-0.39, 0.29) is 40.4 Å². The highest BCUT2D eigenvalue weighted by Crippen LogP contribution is 2.47. The molecule has 0 saturated heterocycles. The average molecular weight is 549 g/mol. The standard InChI is InChI=1S/C25H21F6N7O/c1-3-23(13-6-4-12(2)5-7-13)17-18(32)35-19(36-20(17)37-22(23)39)15-11-38-16(26)10-33-21(38)14(34-15)8-9-24(27,28)25(29,30)31/h4-7,10-11H,3,8-9H2,1-2H3,(H3,32,35,36,37,39). The van der Waals surface area contributed by atoms with Gasteiger partial charge in [0.2, 0.25) is 11.9 Å². The summed E-state index contributed by atoms with van der Waals surface area (Å²) in [6, 6.07) is 7.32. The number of amides is 1. The molecule has 1 amide bonds. The Labute approximate surface area is 217 Å². The zero-order chi connectivity index (χ0) is 28.3. The number of rotatable bonds is 6. The molecular weight excluding hydrogens is 528 g/mol. The Hall–Kier alpha value is -4.23. The Morgan fingerprint density at radius 2 is 1.77 bits per heavy atom. The quantitative estimate of drug-likeness (QED) is 0.328. The highest BCUT2D eigenvalue weighted by atomic mass is 19.4. The molecule has 0 aliphatic carbocycles. The molecule has 1 aliphatic rings. The number of alkyl halides is 5. The summed E-state index contributed by atoms with van der Waals surface area (Å²) in [5, 5.41) is 2.71. The van der Waals surface area contributed by atoms with Gasteiger partial charge in [0.1, 0.15) is 22.7 Å². The smallest absolute Gasteiger partial charge is 0.383 e. The van der Waals surface area contributed by atoms with Gasteiger partial charge in [-0.3, -0.25) is 9.20 Å². The van der Waals surface area contributed by atoms with Crippen molar-refractivity contribution in [1.82, 2.24) is 24.3 Å². The van der Waals surface area contributed by atoms with Crippen LogP contribution in [0.1, 0.15) is 42.1 Å². The van der Waals surface area contributed by atoms with Crippen molar-refractivity contribution < 1.29 is 31.1 Å². The molecule has 8 nitrogen and oxygen atoms in total. The number of benzene rings is 1. The number of nitrogens with zero attached hydrogens (tertiary/aromatic N) is 5. The van der Waals surface area contributed by atoms with Gasteiger partial charge in [0.15, 0.2) is 11.5 Å². The van der Waals surface area contributed by atoms with Gasteiger partial charge in [-0.25, -0.2) is 19.9 Å². The number of aryl methyl sites for hydroxylation is 2. The first-order valence-electron chi connectivity index (χ1n) is 11.8. The molecule has 3 aromatic heterocycles. The van der Waals surface area contributed by atoms with Gasteiger partial charge in [0.25, 0.3) is 0 Å². The molecule has 39 heavy (non-hydrogen) atoms. The summed E-state index contributed by atoms with van der Waals surface area (Å²) in [5.41, 5.74) is 6.40. The van der Waals surface area contributed by atoms with Crippen molar-refractivity contribution in [3.8, 4) is 11.5 Å². The summed E-state index contributed by atoms with van der Waals surface area (Å²) in [6.07, 6.45) is -6.04. The van der Waals surface area contributed by atoms with Crippen LogP contribution in [0.2, 0.25) is 0 Å². The van der Waals surface area contributed by atoms with Crippen molar-refractivity contribution in [3.05, 3.63) is 65.0 Å². The average Bonchev–Trinajstić information content (AvgIpc) is 3.39. The predicted molar refractivity (Wildman–Crippen MR) is 129 cm³/mol. The molecular formula is C25H21F6N7O. The second-order valence-corrected chi connectivity index (χ2v) is 9.28. The van der Waals surface area contributed by atoms with E-state index in [1.165, 1.54) is 0 Å². The van der Waals surface area contributed by atoms with E-state index in [0.717, 1.165) is 22.4 Å². The number of imidazole rings is 1.